The van der Waals surface area contributed by atoms with Gasteiger partial charge in [-0.1, -0.05) is 29.8 Å². The third-order valence-electron chi connectivity index (χ3n) is 4.95. The molecule has 0 aliphatic rings. The molecule has 0 saturated carbocycles. The zero-order valence-electron chi connectivity index (χ0n) is 17.2. The molecular formula is C23H20ClFN4O2. The van der Waals surface area contributed by atoms with Gasteiger partial charge in [0.1, 0.15) is 5.82 Å². The van der Waals surface area contributed by atoms with Gasteiger partial charge in [-0.25, -0.2) is 9.07 Å². The maximum Gasteiger partial charge on any atom is 0.262 e. The molecule has 0 aliphatic carbocycles. The van der Waals surface area contributed by atoms with E-state index in [1.807, 2.05) is 39.0 Å². The molecule has 0 saturated heterocycles. The number of amides is 1. The van der Waals surface area contributed by atoms with E-state index in [1.54, 1.807) is 22.9 Å². The molecule has 0 bridgehead atoms. The van der Waals surface area contributed by atoms with Crippen molar-refractivity contribution in [3.8, 4) is 11.6 Å². The lowest BCUT2D eigenvalue weighted by atomic mass is 10.1. The van der Waals surface area contributed by atoms with Crippen LogP contribution >= 0.6 is 11.6 Å². The molecule has 4 aromatic rings. The lowest BCUT2D eigenvalue weighted by Crippen LogP contribution is -2.21. The number of benzene rings is 2. The number of para-hydroxylation sites is 1. The van der Waals surface area contributed by atoms with E-state index in [4.69, 9.17) is 16.3 Å². The Balaban J connectivity index is 1.63. The zero-order chi connectivity index (χ0) is 22.1. The molecule has 4 rings (SSSR count). The number of rotatable bonds is 5. The quantitative estimate of drug-likeness (QED) is 0.467. The Labute approximate surface area is 183 Å². The molecule has 8 heteroatoms. The van der Waals surface area contributed by atoms with Crippen LogP contribution in [0, 0.1) is 26.6 Å². The summed E-state index contributed by atoms with van der Waals surface area (Å²) in [6, 6.07) is 13.3. The summed E-state index contributed by atoms with van der Waals surface area (Å²) in [6.45, 7) is 5.45. The van der Waals surface area contributed by atoms with Crippen LogP contribution in [-0.4, -0.2) is 27.3 Å². The minimum absolute atomic E-state index is 0.0980. The number of nitrogens with zero attached hydrogens (tertiary/aromatic N) is 3. The Hall–Kier alpha value is -3.45. The van der Waals surface area contributed by atoms with Gasteiger partial charge in [-0.05, 0) is 56.2 Å². The lowest BCUT2D eigenvalue weighted by Gasteiger charge is -2.11. The fourth-order valence-electron chi connectivity index (χ4n) is 3.43. The third-order valence-corrected chi connectivity index (χ3v) is 5.36. The number of anilines is 1. The summed E-state index contributed by atoms with van der Waals surface area (Å²) in [5, 5.41) is 8.67. The molecule has 0 spiro atoms. The second-order valence-corrected chi connectivity index (χ2v) is 7.58. The number of nitrogens with one attached hydrogen (secondary N) is 1. The van der Waals surface area contributed by atoms with Crippen LogP contribution in [-0.2, 0) is 4.79 Å². The summed E-state index contributed by atoms with van der Waals surface area (Å²) >= 11 is 6.29. The fourth-order valence-corrected chi connectivity index (χ4v) is 3.60. The van der Waals surface area contributed by atoms with Gasteiger partial charge in [0.05, 0.1) is 17.1 Å². The minimum atomic E-state index is -0.512. The van der Waals surface area contributed by atoms with Crippen LogP contribution in [0.2, 0.25) is 5.02 Å². The van der Waals surface area contributed by atoms with Gasteiger partial charge < -0.3 is 10.1 Å². The van der Waals surface area contributed by atoms with Gasteiger partial charge in [0.15, 0.2) is 12.3 Å². The van der Waals surface area contributed by atoms with Crippen LogP contribution in [0.25, 0.3) is 16.7 Å². The monoisotopic (exact) mass is 438 g/mol. The van der Waals surface area contributed by atoms with E-state index in [0.29, 0.717) is 10.7 Å². The molecule has 0 unspecified atom stereocenters. The predicted octanol–water partition coefficient (Wildman–Crippen LogP) is 5.16. The first kappa shape index (κ1) is 20.8. The number of carbonyl (C=O) groups is 1. The maximum absolute atomic E-state index is 13.7. The Morgan fingerprint density at radius 1 is 1.16 bits per heavy atom. The smallest absolute Gasteiger partial charge is 0.262 e. The molecule has 2 heterocycles. The Kier molecular flexibility index (Phi) is 5.61. The van der Waals surface area contributed by atoms with Crippen molar-refractivity contribution in [3.05, 3.63) is 76.2 Å². The van der Waals surface area contributed by atoms with E-state index >= 15 is 0 Å². The highest BCUT2D eigenvalue weighted by Crippen LogP contribution is 2.29. The van der Waals surface area contributed by atoms with Crippen LogP contribution in [0.4, 0.5) is 10.1 Å². The van der Waals surface area contributed by atoms with Crippen molar-refractivity contribution in [2.24, 2.45) is 0 Å². The van der Waals surface area contributed by atoms with Crippen molar-refractivity contribution in [1.29, 1.82) is 0 Å². The predicted molar refractivity (Wildman–Crippen MR) is 119 cm³/mol. The number of carbonyl (C=O) groups excluding carboxylic acids is 1. The highest BCUT2D eigenvalue weighted by Gasteiger charge is 2.17. The van der Waals surface area contributed by atoms with E-state index < -0.39 is 11.7 Å². The SMILES string of the molecule is Cc1c(Cl)cccc1-n1nc(C)c2c(C)cc(OCC(=O)Nc3ccccc3F)nc21. The van der Waals surface area contributed by atoms with Gasteiger partial charge in [0.25, 0.3) is 5.91 Å². The second kappa shape index (κ2) is 8.35. The highest BCUT2D eigenvalue weighted by atomic mass is 35.5. The van der Waals surface area contributed by atoms with Crippen molar-refractivity contribution >= 4 is 34.2 Å². The number of halogens is 2. The van der Waals surface area contributed by atoms with E-state index in [2.05, 4.69) is 15.4 Å². The fraction of sp³-hybridized carbons (Fsp3) is 0.174. The lowest BCUT2D eigenvalue weighted by molar-refractivity contribution is -0.118. The summed E-state index contributed by atoms with van der Waals surface area (Å²) in [5.74, 6) is -0.725. The standard InChI is InChI=1S/C23H20ClFN4O2/c1-13-11-21(31-12-20(30)26-18-9-5-4-8-17(18)25)27-23-22(13)15(3)28-29(23)19-10-6-7-16(24)14(19)2/h4-11H,12H2,1-3H3,(H,26,30). The van der Waals surface area contributed by atoms with Crippen LogP contribution in [0.15, 0.2) is 48.5 Å². The minimum Gasteiger partial charge on any atom is -0.467 e. The first-order chi connectivity index (χ1) is 14.8. The number of aromatic nitrogens is 3. The third kappa shape index (κ3) is 4.09. The van der Waals surface area contributed by atoms with Crippen LogP contribution in [0.1, 0.15) is 16.8 Å². The van der Waals surface area contributed by atoms with Crippen molar-refractivity contribution < 1.29 is 13.9 Å². The summed E-state index contributed by atoms with van der Waals surface area (Å²) < 4.78 is 21.1. The summed E-state index contributed by atoms with van der Waals surface area (Å²) in [5.41, 5.74) is 4.13. The molecule has 1 amide bonds. The number of fused-ring (bicyclic) bond motifs is 1. The summed E-state index contributed by atoms with van der Waals surface area (Å²) in [4.78, 5) is 16.8. The Bertz CT molecular complexity index is 1300. The molecule has 0 radical (unpaired) electrons. The molecule has 1 N–H and O–H groups in total. The molecular weight excluding hydrogens is 419 g/mol. The first-order valence-electron chi connectivity index (χ1n) is 9.65. The molecule has 0 aliphatic heterocycles. The molecule has 6 nitrogen and oxygen atoms in total. The summed E-state index contributed by atoms with van der Waals surface area (Å²) in [6.07, 6.45) is 0. The average Bonchev–Trinajstić information content (AvgIpc) is 3.07. The number of hydrogen-bond acceptors (Lipinski definition) is 4. The Morgan fingerprint density at radius 2 is 1.94 bits per heavy atom. The molecule has 0 fully saturated rings. The molecule has 2 aromatic heterocycles. The number of hydrogen-bond donors (Lipinski definition) is 1. The van der Waals surface area contributed by atoms with E-state index in [0.717, 1.165) is 27.9 Å². The van der Waals surface area contributed by atoms with E-state index in [9.17, 15) is 9.18 Å². The summed E-state index contributed by atoms with van der Waals surface area (Å²) in [7, 11) is 0. The van der Waals surface area contributed by atoms with Gasteiger partial charge >= 0.3 is 0 Å². The van der Waals surface area contributed by atoms with Gasteiger partial charge in [-0.3, -0.25) is 4.79 Å². The highest BCUT2D eigenvalue weighted by molar-refractivity contribution is 6.31. The maximum atomic E-state index is 13.7. The van der Waals surface area contributed by atoms with Gasteiger partial charge in [0, 0.05) is 16.5 Å². The Morgan fingerprint density at radius 3 is 2.71 bits per heavy atom. The van der Waals surface area contributed by atoms with Crippen molar-refractivity contribution in [1.82, 2.24) is 14.8 Å². The molecule has 2 aromatic carbocycles. The van der Waals surface area contributed by atoms with E-state index in [1.165, 1.54) is 12.1 Å². The van der Waals surface area contributed by atoms with Gasteiger partial charge in [0.2, 0.25) is 5.88 Å². The number of pyridine rings is 1. The number of ether oxygens (including phenoxy) is 1. The van der Waals surface area contributed by atoms with E-state index in [-0.39, 0.29) is 18.2 Å². The van der Waals surface area contributed by atoms with Crippen LogP contribution in [0.5, 0.6) is 5.88 Å². The molecule has 158 valence electrons. The topological polar surface area (TPSA) is 69.0 Å². The van der Waals surface area contributed by atoms with Gasteiger partial charge in [-0.2, -0.15) is 10.1 Å². The van der Waals surface area contributed by atoms with Crippen molar-refractivity contribution in [2.75, 3.05) is 11.9 Å². The van der Waals surface area contributed by atoms with Crippen molar-refractivity contribution in [3.63, 3.8) is 0 Å². The second-order valence-electron chi connectivity index (χ2n) is 7.17. The first-order valence-corrected chi connectivity index (χ1v) is 10.0. The van der Waals surface area contributed by atoms with Gasteiger partial charge in [-0.15, -0.1) is 0 Å². The molecule has 31 heavy (non-hydrogen) atoms. The number of aryl methyl sites for hydroxylation is 2. The molecule has 0 atom stereocenters. The normalized spacial score (nSPS) is 11.0. The zero-order valence-corrected chi connectivity index (χ0v) is 18.0. The average molecular weight is 439 g/mol. The van der Waals surface area contributed by atoms with Crippen LogP contribution in [0.3, 0.4) is 0 Å². The van der Waals surface area contributed by atoms with Crippen LogP contribution < -0.4 is 10.1 Å². The largest absolute Gasteiger partial charge is 0.467 e. The van der Waals surface area contributed by atoms with Crippen molar-refractivity contribution in [2.45, 2.75) is 20.8 Å².